The van der Waals surface area contributed by atoms with E-state index in [0.717, 1.165) is 25.7 Å². The van der Waals surface area contributed by atoms with Crippen molar-refractivity contribution in [1.29, 1.82) is 0 Å². The molecule has 88 valence electrons. The van der Waals surface area contributed by atoms with Crippen LogP contribution in [0.2, 0.25) is 0 Å². The Kier molecular flexibility index (Phi) is 7.76. The van der Waals surface area contributed by atoms with Gasteiger partial charge in [0.1, 0.15) is 6.10 Å². The summed E-state index contributed by atoms with van der Waals surface area (Å²) in [5, 5.41) is 0. The molecule has 0 amide bonds. The smallest absolute Gasteiger partial charge is 1.00 e. The van der Waals surface area contributed by atoms with E-state index in [1.807, 2.05) is 0 Å². The maximum atomic E-state index is 12.0. The maximum absolute atomic E-state index is 12.0. The van der Waals surface area contributed by atoms with E-state index in [-0.39, 0.29) is 31.0 Å². The summed E-state index contributed by atoms with van der Waals surface area (Å²) in [7, 11) is -1.37. The summed E-state index contributed by atoms with van der Waals surface area (Å²) in [5.41, 5.74) is 0.371. The first-order valence-electron chi connectivity index (χ1n) is 6.49. The van der Waals surface area contributed by atoms with Crippen LogP contribution in [0, 0.1) is 0 Å². The molecule has 0 aromatic carbocycles. The SMILES string of the molecule is O=[P+](OC1CCCCC1)C1CCCCC1.[H-].[Na+]. The third kappa shape index (κ3) is 4.74. The number of hydrogen-bond acceptors (Lipinski definition) is 2. The summed E-state index contributed by atoms with van der Waals surface area (Å²) in [6.07, 6.45) is 12.5. The van der Waals surface area contributed by atoms with Crippen molar-refractivity contribution in [2.75, 3.05) is 0 Å². The van der Waals surface area contributed by atoms with Crippen LogP contribution in [0.3, 0.4) is 0 Å². The van der Waals surface area contributed by atoms with Crippen molar-refractivity contribution in [2.24, 2.45) is 0 Å². The van der Waals surface area contributed by atoms with Gasteiger partial charge in [0, 0.05) is 0 Å². The van der Waals surface area contributed by atoms with Gasteiger partial charge in [0.05, 0.1) is 0 Å². The second-order valence-electron chi connectivity index (χ2n) is 4.94. The summed E-state index contributed by atoms with van der Waals surface area (Å²) in [6.45, 7) is 0. The van der Waals surface area contributed by atoms with Gasteiger partial charge in [-0.2, -0.15) is 0 Å². The van der Waals surface area contributed by atoms with Gasteiger partial charge >= 0.3 is 37.6 Å². The molecule has 2 fully saturated rings. The van der Waals surface area contributed by atoms with E-state index in [1.165, 1.54) is 38.5 Å². The third-order valence-electron chi connectivity index (χ3n) is 3.68. The van der Waals surface area contributed by atoms with E-state index >= 15 is 0 Å². The van der Waals surface area contributed by atoms with Crippen molar-refractivity contribution in [3.8, 4) is 0 Å². The van der Waals surface area contributed by atoms with Gasteiger partial charge in [0.15, 0.2) is 5.66 Å². The molecule has 1 unspecified atom stereocenters. The monoisotopic (exact) mass is 253 g/mol. The van der Waals surface area contributed by atoms with Crippen LogP contribution in [0.5, 0.6) is 0 Å². The maximum Gasteiger partial charge on any atom is 1.00 e. The molecule has 2 nitrogen and oxygen atoms in total. The van der Waals surface area contributed by atoms with Crippen LogP contribution in [0.4, 0.5) is 0 Å². The molecule has 0 N–H and O–H groups in total. The molecule has 0 aliphatic heterocycles. The predicted octanol–water partition coefficient (Wildman–Crippen LogP) is 1.53. The summed E-state index contributed by atoms with van der Waals surface area (Å²) < 4.78 is 17.7. The second kappa shape index (κ2) is 8.21. The van der Waals surface area contributed by atoms with Crippen LogP contribution in [-0.2, 0) is 9.09 Å². The zero-order chi connectivity index (χ0) is 10.5. The molecule has 0 aromatic heterocycles. The quantitative estimate of drug-likeness (QED) is 0.563. The summed E-state index contributed by atoms with van der Waals surface area (Å²) in [4.78, 5) is 0. The Bertz CT molecular complexity index is 217. The number of hydrogen-bond donors (Lipinski definition) is 0. The van der Waals surface area contributed by atoms with Crippen molar-refractivity contribution < 1.29 is 40.1 Å². The standard InChI is InChI=1S/C12H22O2P.Na.H/c13-15(12-9-5-2-6-10-12)14-11-7-3-1-4-8-11;;/h11-12H,1-10H2;;/q2*+1;-1. The largest absolute Gasteiger partial charge is 1.00 e. The molecule has 1 atom stereocenters. The van der Waals surface area contributed by atoms with E-state index in [0.29, 0.717) is 11.8 Å². The zero-order valence-electron chi connectivity index (χ0n) is 11.5. The minimum atomic E-state index is -1.37. The van der Waals surface area contributed by atoms with E-state index in [1.54, 1.807) is 0 Å². The normalized spacial score (nSPS) is 24.9. The molecule has 2 rings (SSSR count). The van der Waals surface area contributed by atoms with Crippen LogP contribution in [0.25, 0.3) is 0 Å². The van der Waals surface area contributed by atoms with Crippen LogP contribution >= 0.6 is 8.03 Å². The Hall–Kier alpha value is 1.06. The predicted molar refractivity (Wildman–Crippen MR) is 63.5 cm³/mol. The fourth-order valence-corrected chi connectivity index (χ4v) is 4.16. The molecular weight excluding hydrogens is 230 g/mol. The molecule has 0 heterocycles. The average Bonchev–Trinajstić information content (AvgIpc) is 2.31. The van der Waals surface area contributed by atoms with Gasteiger partial charge < -0.3 is 1.43 Å². The molecule has 0 spiro atoms. The molecule has 0 bridgehead atoms. The van der Waals surface area contributed by atoms with Crippen LogP contribution < -0.4 is 29.6 Å². The second-order valence-corrected chi connectivity index (χ2v) is 6.45. The molecule has 0 saturated heterocycles. The fourth-order valence-electron chi connectivity index (χ4n) is 2.70. The Morgan fingerprint density at radius 3 is 1.94 bits per heavy atom. The third-order valence-corrected chi connectivity index (χ3v) is 5.30. The van der Waals surface area contributed by atoms with E-state index in [9.17, 15) is 4.57 Å². The Morgan fingerprint density at radius 1 is 0.875 bits per heavy atom. The fraction of sp³-hybridized carbons (Fsp3) is 1.00. The van der Waals surface area contributed by atoms with Gasteiger partial charge in [-0.1, -0.05) is 25.7 Å². The number of rotatable bonds is 3. The Morgan fingerprint density at radius 2 is 1.38 bits per heavy atom. The van der Waals surface area contributed by atoms with Crippen molar-refractivity contribution in [1.82, 2.24) is 0 Å². The first kappa shape index (κ1) is 15.1. The van der Waals surface area contributed by atoms with Gasteiger partial charge in [-0.3, -0.25) is 0 Å². The minimum absolute atomic E-state index is 0. The topological polar surface area (TPSA) is 26.3 Å². The summed E-state index contributed by atoms with van der Waals surface area (Å²) >= 11 is 0. The molecule has 0 radical (unpaired) electrons. The van der Waals surface area contributed by atoms with Crippen molar-refractivity contribution in [3.63, 3.8) is 0 Å². The molecule has 2 aliphatic carbocycles. The van der Waals surface area contributed by atoms with Crippen molar-refractivity contribution >= 4 is 8.03 Å². The first-order chi connectivity index (χ1) is 7.36. The molecule has 0 aromatic rings. The molecule has 2 saturated carbocycles. The van der Waals surface area contributed by atoms with Crippen LogP contribution in [-0.4, -0.2) is 11.8 Å². The summed E-state index contributed by atoms with van der Waals surface area (Å²) in [6, 6.07) is 0. The van der Waals surface area contributed by atoms with Gasteiger partial charge in [-0.25, -0.2) is 0 Å². The Balaban J connectivity index is 0.00000128. The summed E-state index contributed by atoms with van der Waals surface area (Å²) in [5.74, 6) is 0. The van der Waals surface area contributed by atoms with Gasteiger partial charge in [-0.05, 0) is 43.1 Å². The van der Waals surface area contributed by atoms with E-state index in [2.05, 4.69) is 0 Å². The molecule has 16 heavy (non-hydrogen) atoms. The van der Waals surface area contributed by atoms with E-state index in [4.69, 9.17) is 4.52 Å². The molecule has 2 aliphatic rings. The van der Waals surface area contributed by atoms with Gasteiger partial charge in [-0.15, -0.1) is 4.52 Å². The van der Waals surface area contributed by atoms with Crippen molar-refractivity contribution in [2.45, 2.75) is 76.0 Å². The van der Waals surface area contributed by atoms with Crippen LogP contribution in [0.15, 0.2) is 0 Å². The van der Waals surface area contributed by atoms with Gasteiger partial charge in [0.2, 0.25) is 0 Å². The van der Waals surface area contributed by atoms with Gasteiger partial charge in [0.25, 0.3) is 0 Å². The first-order valence-corrected chi connectivity index (χ1v) is 7.74. The zero-order valence-corrected chi connectivity index (χ0v) is 13.4. The van der Waals surface area contributed by atoms with E-state index < -0.39 is 8.03 Å². The average molecular weight is 253 g/mol. The molecule has 4 heteroatoms. The van der Waals surface area contributed by atoms with Crippen LogP contribution in [0.1, 0.15) is 65.6 Å². The van der Waals surface area contributed by atoms with Crippen molar-refractivity contribution in [3.05, 3.63) is 0 Å². The Labute approximate surface area is 124 Å². The molecular formula is C12H23NaO2P+. The minimum Gasteiger partial charge on any atom is -1.00 e.